The van der Waals surface area contributed by atoms with E-state index in [1.165, 1.54) is 0 Å². The summed E-state index contributed by atoms with van der Waals surface area (Å²) in [5, 5.41) is 5.73. The van der Waals surface area contributed by atoms with E-state index in [4.69, 9.17) is 0 Å². The monoisotopic (exact) mass is 447 g/mol. The van der Waals surface area contributed by atoms with Gasteiger partial charge in [-0.05, 0) is 53.9 Å². The number of anilines is 2. The molecule has 0 unspecified atom stereocenters. The highest BCUT2D eigenvalue weighted by atomic mass is 16.2. The molecular formula is C27H21N5O2. The van der Waals surface area contributed by atoms with Gasteiger partial charge in [0.05, 0.1) is 18.2 Å². The third kappa shape index (κ3) is 4.40. The van der Waals surface area contributed by atoms with Crippen LogP contribution in [0.5, 0.6) is 0 Å². The van der Waals surface area contributed by atoms with Crippen molar-refractivity contribution in [2.75, 3.05) is 10.6 Å². The van der Waals surface area contributed by atoms with E-state index in [9.17, 15) is 9.59 Å². The van der Waals surface area contributed by atoms with Gasteiger partial charge in [0.15, 0.2) is 5.65 Å². The molecule has 0 aliphatic rings. The second-order valence-corrected chi connectivity index (χ2v) is 7.88. The number of hydrogen-bond donors (Lipinski definition) is 3. The SMILES string of the molecule is Cc1ccc(NC(=O)c2ccc(-c3ccccc3)cc2)cc1C(=O)Nc1cnc2[nH]cnc2c1. The van der Waals surface area contributed by atoms with E-state index in [0.29, 0.717) is 33.7 Å². The van der Waals surface area contributed by atoms with Crippen LogP contribution in [0.2, 0.25) is 0 Å². The molecule has 3 N–H and O–H groups in total. The molecule has 2 aromatic heterocycles. The average molecular weight is 447 g/mol. The minimum atomic E-state index is -0.294. The smallest absolute Gasteiger partial charge is 0.256 e. The molecule has 166 valence electrons. The summed E-state index contributed by atoms with van der Waals surface area (Å²) in [6.45, 7) is 1.85. The van der Waals surface area contributed by atoms with Crippen molar-refractivity contribution in [2.24, 2.45) is 0 Å². The van der Waals surface area contributed by atoms with E-state index in [-0.39, 0.29) is 11.8 Å². The van der Waals surface area contributed by atoms with Gasteiger partial charge in [0, 0.05) is 16.8 Å². The average Bonchev–Trinajstić information content (AvgIpc) is 3.34. The maximum absolute atomic E-state index is 12.9. The Hall–Kier alpha value is -4.78. The van der Waals surface area contributed by atoms with Crippen LogP contribution in [0.25, 0.3) is 22.3 Å². The third-order valence-corrected chi connectivity index (χ3v) is 5.52. The first-order valence-corrected chi connectivity index (χ1v) is 10.7. The lowest BCUT2D eigenvalue weighted by Gasteiger charge is -2.11. The van der Waals surface area contributed by atoms with Crippen molar-refractivity contribution in [3.8, 4) is 11.1 Å². The number of benzene rings is 3. The Morgan fingerprint density at radius 3 is 2.29 bits per heavy atom. The van der Waals surface area contributed by atoms with E-state index in [1.807, 2.05) is 49.4 Å². The predicted octanol–water partition coefficient (Wildman–Crippen LogP) is 5.44. The number of pyridine rings is 1. The summed E-state index contributed by atoms with van der Waals surface area (Å²) in [4.78, 5) is 37.0. The first kappa shape index (κ1) is 21.1. The number of rotatable bonds is 5. The Morgan fingerprint density at radius 1 is 0.765 bits per heavy atom. The van der Waals surface area contributed by atoms with Gasteiger partial charge in [0.1, 0.15) is 5.52 Å². The van der Waals surface area contributed by atoms with Crippen molar-refractivity contribution in [3.63, 3.8) is 0 Å². The molecule has 0 bridgehead atoms. The highest BCUT2D eigenvalue weighted by molar-refractivity contribution is 6.08. The van der Waals surface area contributed by atoms with Crippen molar-refractivity contribution in [3.05, 3.63) is 108 Å². The van der Waals surface area contributed by atoms with Crippen LogP contribution in [0.4, 0.5) is 11.4 Å². The summed E-state index contributed by atoms with van der Waals surface area (Å²) in [6.07, 6.45) is 3.12. The number of nitrogens with one attached hydrogen (secondary N) is 3. The number of aromatic amines is 1. The molecule has 3 aromatic carbocycles. The lowest BCUT2D eigenvalue weighted by atomic mass is 10.0. The highest BCUT2D eigenvalue weighted by Gasteiger charge is 2.13. The second kappa shape index (κ2) is 8.99. The Balaban J connectivity index is 1.31. The highest BCUT2D eigenvalue weighted by Crippen LogP contribution is 2.21. The Bertz CT molecular complexity index is 1490. The predicted molar refractivity (Wildman–Crippen MR) is 133 cm³/mol. The molecule has 0 aliphatic carbocycles. The number of fused-ring (bicyclic) bond motifs is 1. The van der Waals surface area contributed by atoms with Gasteiger partial charge in [0.25, 0.3) is 11.8 Å². The lowest BCUT2D eigenvalue weighted by Crippen LogP contribution is -2.16. The Kier molecular flexibility index (Phi) is 5.58. The van der Waals surface area contributed by atoms with Crippen LogP contribution in [-0.2, 0) is 0 Å². The fourth-order valence-corrected chi connectivity index (χ4v) is 3.68. The van der Waals surface area contributed by atoms with E-state index in [0.717, 1.165) is 16.7 Å². The van der Waals surface area contributed by atoms with Crippen molar-refractivity contribution < 1.29 is 9.59 Å². The quantitative estimate of drug-likeness (QED) is 0.334. The minimum Gasteiger partial charge on any atom is -0.329 e. The molecule has 0 saturated carbocycles. The molecule has 0 radical (unpaired) electrons. The molecule has 0 saturated heterocycles. The van der Waals surface area contributed by atoms with Crippen LogP contribution in [0, 0.1) is 6.92 Å². The molecule has 7 nitrogen and oxygen atoms in total. The summed E-state index contributed by atoms with van der Waals surface area (Å²) >= 11 is 0. The largest absolute Gasteiger partial charge is 0.329 e. The maximum Gasteiger partial charge on any atom is 0.256 e. The zero-order valence-corrected chi connectivity index (χ0v) is 18.4. The molecule has 34 heavy (non-hydrogen) atoms. The summed E-state index contributed by atoms with van der Waals surface area (Å²) in [5.74, 6) is -0.541. The number of imidazole rings is 1. The second-order valence-electron chi connectivity index (χ2n) is 7.88. The fraction of sp³-hybridized carbons (Fsp3) is 0.0370. The van der Waals surface area contributed by atoms with Gasteiger partial charge >= 0.3 is 0 Å². The zero-order valence-electron chi connectivity index (χ0n) is 18.4. The molecule has 0 atom stereocenters. The third-order valence-electron chi connectivity index (χ3n) is 5.52. The van der Waals surface area contributed by atoms with Crippen LogP contribution >= 0.6 is 0 Å². The normalized spacial score (nSPS) is 10.7. The molecule has 2 amide bonds. The molecule has 0 aliphatic heterocycles. The van der Waals surface area contributed by atoms with Gasteiger partial charge in [-0.2, -0.15) is 0 Å². The zero-order chi connectivity index (χ0) is 23.5. The number of H-pyrrole nitrogens is 1. The van der Waals surface area contributed by atoms with Gasteiger partial charge < -0.3 is 15.6 Å². The van der Waals surface area contributed by atoms with Crippen molar-refractivity contribution in [1.82, 2.24) is 15.0 Å². The molecule has 0 fully saturated rings. The molecule has 5 rings (SSSR count). The van der Waals surface area contributed by atoms with Crippen molar-refractivity contribution in [2.45, 2.75) is 6.92 Å². The number of hydrogen-bond acceptors (Lipinski definition) is 4. The number of aryl methyl sites for hydroxylation is 1. The topological polar surface area (TPSA) is 99.8 Å². The van der Waals surface area contributed by atoms with Crippen LogP contribution in [0.3, 0.4) is 0 Å². The first-order chi connectivity index (χ1) is 16.6. The standard InChI is InChI=1S/C27H21N5O2/c1-17-7-12-21(13-23(17)27(34)32-22-14-24-25(28-15-22)30-16-29-24)31-26(33)20-10-8-19(9-11-20)18-5-3-2-4-6-18/h2-16H,1H3,(H,31,33)(H,32,34)(H,28,29,30). The van der Waals surface area contributed by atoms with E-state index >= 15 is 0 Å². The summed E-state index contributed by atoms with van der Waals surface area (Å²) in [6, 6.07) is 24.4. The van der Waals surface area contributed by atoms with E-state index in [1.54, 1.807) is 48.9 Å². The minimum absolute atomic E-state index is 0.247. The van der Waals surface area contributed by atoms with Crippen molar-refractivity contribution >= 4 is 34.4 Å². The first-order valence-electron chi connectivity index (χ1n) is 10.7. The van der Waals surface area contributed by atoms with Gasteiger partial charge in [-0.25, -0.2) is 9.97 Å². The molecule has 7 heteroatoms. The van der Waals surface area contributed by atoms with E-state index < -0.39 is 0 Å². The van der Waals surface area contributed by atoms with Gasteiger partial charge in [-0.3, -0.25) is 9.59 Å². The number of nitrogens with zero attached hydrogens (tertiary/aromatic N) is 2. The number of amides is 2. The summed E-state index contributed by atoms with van der Waals surface area (Å²) < 4.78 is 0. The maximum atomic E-state index is 12.9. The van der Waals surface area contributed by atoms with Crippen molar-refractivity contribution in [1.29, 1.82) is 0 Å². The summed E-state index contributed by atoms with van der Waals surface area (Å²) in [7, 11) is 0. The number of aromatic nitrogens is 3. The molecular weight excluding hydrogens is 426 g/mol. The lowest BCUT2D eigenvalue weighted by molar-refractivity contribution is 0.101. The molecule has 2 heterocycles. The van der Waals surface area contributed by atoms with Crippen LogP contribution in [-0.4, -0.2) is 26.8 Å². The van der Waals surface area contributed by atoms with Crippen LogP contribution < -0.4 is 10.6 Å². The van der Waals surface area contributed by atoms with Gasteiger partial charge in [0.2, 0.25) is 0 Å². The molecule has 5 aromatic rings. The molecule has 0 spiro atoms. The fourth-order valence-electron chi connectivity index (χ4n) is 3.68. The summed E-state index contributed by atoms with van der Waals surface area (Å²) in [5.41, 5.74) is 6.29. The number of carbonyl (C=O) groups excluding carboxylic acids is 2. The van der Waals surface area contributed by atoms with Crippen LogP contribution in [0.15, 0.2) is 91.4 Å². The van der Waals surface area contributed by atoms with Gasteiger partial charge in [-0.1, -0.05) is 48.5 Å². The Morgan fingerprint density at radius 2 is 1.50 bits per heavy atom. The number of carbonyl (C=O) groups is 2. The van der Waals surface area contributed by atoms with E-state index in [2.05, 4.69) is 25.6 Å². The van der Waals surface area contributed by atoms with Gasteiger partial charge in [-0.15, -0.1) is 0 Å². The van der Waals surface area contributed by atoms with Crippen LogP contribution in [0.1, 0.15) is 26.3 Å². The Labute approximate surface area is 195 Å².